The molecular weight excluding hydrogens is 279 g/mol. The topological polar surface area (TPSA) is 24.9 Å². The van der Waals surface area contributed by atoms with Crippen molar-refractivity contribution in [2.75, 3.05) is 12.8 Å². The summed E-state index contributed by atoms with van der Waals surface area (Å²) >= 11 is 3.19. The van der Waals surface area contributed by atoms with Crippen molar-refractivity contribution in [3.05, 3.63) is 35.1 Å². The summed E-state index contributed by atoms with van der Waals surface area (Å²) in [5.74, 6) is 0.721. The Morgan fingerprint density at radius 2 is 2.26 bits per heavy atom. The van der Waals surface area contributed by atoms with Crippen molar-refractivity contribution in [3.63, 3.8) is 0 Å². The molecule has 2 aromatic rings. The van der Waals surface area contributed by atoms with Crippen LogP contribution in [-0.4, -0.2) is 17.8 Å². The number of nitrogens with one attached hydrogen (secondary N) is 1. The van der Waals surface area contributed by atoms with Crippen molar-refractivity contribution < 1.29 is 4.39 Å². The molecule has 1 unspecified atom stereocenters. The van der Waals surface area contributed by atoms with Crippen LogP contribution in [0.5, 0.6) is 0 Å². The van der Waals surface area contributed by atoms with E-state index in [2.05, 4.69) is 24.1 Å². The first kappa shape index (κ1) is 14.5. The number of benzene rings is 1. The maximum Gasteiger partial charge on any atom is 0.134 e. The zero-order valence-electron chi connectivity index (χ0n) is 11.2. The Bertz CT molecular complexity index is 554. The minimum atomic E-state index is -0.198. The van der Waals surface area contributed by atoms with Gasteiger partial charge in [-0.2, -0.15) is 0 Å². The number of halogens is 1. The van der Waals surface area contributed by atoms with Crippen molar-refractivity contribution in [3.8, 4) is 10.6 Å². The van der Waals surface area contributed by atoms with Gasteiger partial charge in [-0.15, -0.1) is 23.1 Å². The SMILES string of the molecule is CCSc1cccc(F)c1-c1ncc(C(C)NC)s1. The second kappa shape index (κ2) is 6.50. The molecular formula is C14H17FN2S2. The molecule has 0 saturated carbocycles. The first-order valence-electron chi connectivity index (χ1n) is 6.22. The predicted octanol–water partition coefficient (Wildman–Crippen LogP) is 4.34. The van der Waals surface area contributed by atoms with Crippen LogP contribution >= 0.6 is 23.1 Å². The summed E-state index contributed by atoms with van der Waals surface area (Å²) in [7, 11) is 1.91. The maximum atomic E-state index is 14.1. The molecule has 0 aliphatic carbocycles. The van der Waals surface area contributed by atoms with Crippen LogP contribution in [-0.2, 0) is 0 Å². The third-order valence-corrected chi connectivity index (χ3v) is 5.01. The molecule has 0 fully saturated rings. The van der Waals surface area contributed by atoms with E-state index in [1.165, 1.54) is 6.07 Å². The van der Waals surface area contributed by atoms with Crippen LogP contribution in [0.15, 0.2) is 29.3 Å². The van der Waals surface area contributed by atoms with Gasteiger partial charge in [0.25, 0.3) is 0 Å². The van der Waals surface area contributed by atoms with Gasteiger partial charge in [-0.05, 0) is 31.9 Å². The number of rotatable bonds is 5. The second-order valence-corrected chi connectivity index (χ2v) is 6.49. The largest absolute Gasteiger partial charge is 0.312 e. The van der Waals surface area contributed by atoms with Crippen molar-refractivity contribution in [2.24, 2.45) is 0 Å². The van der Waals surface area contributed by atoms with Crippen LogP contribution in [0, 0.1) is 5.82 Å². The fourth-order valence-corrected chi connectivity index (χ4v) is 3.66. The van der Waals surface area contributed by atoms with Crippen LogP contribution < -0.4 is 5.32 Å². The van der Waals surface area contributed by atoms with Crippen molar-refractivity contribution in [2.45, 2.75) is 24.8 Å². The number of aromatic nitrogens is 1. The average Bonchev–Trinajstić information content (AvgIpc) is 2.87. The highest BCUT2D eigenvalue weighted by Gasteiger charge is 2.16. The van der Waals surface area contributed by atoms with E-state index in [1.54, 1.807) is 29.2 Å². The van der Waals surface area contributed by atoms with Crippen LogP contribution in [0.3, 0.4) is 0 Å². The number of hydrogen-bond donors (Lipinski definition) is 1. The number of hydrogen-bond acceptors (Lipinski definition) is 4. The van der Waals surface area contributed by atoms with Gasteiger partial charge in [0.2, 0.25) is 0 Å². The molecule has 102 valence electrons. The van der Waals surface area contributed by atoms with Gasteiger partial charge in [0, 0.05) is 22.0 Å². The molecule has 0 aliphatic heterocycles. The van der Waals surface area contributed by atoms with E-state index in [9.17, 15) is 4.39 Å². The molecule has 2 rings (SSSR count). The Morgan fingerprint density at radius 3 is 2.95 bits per heavy atom. The Labute approximate surface area is 121 Å². The first-order valence-corrected chi connectivity index (χ1v) is 8.02. The van der Waals surface area contributed by atoms with E-state index < -0.39 is 0 Å². The van der Waals surface area contributed by atoms with Crippen LogP contribution in [0.2, 0.25) is 0 Å². The number of nitrogens with zero attached hydrogens (tertiary/aromatic N) is 1. The Balaban J connectivity index is 2.43. The van der Waals surface area contributed by atoms with Crippen molar-refractivity contribution >= 4 is 23.1 Å². The van der Waals surface area contributed by atoms with Gasteiger partial charge in [-0.3, -0.25) is 0 Å². The quantitative estimate of drug-likeness (QED) is 0.831. The fraction of sp³-hybridized carbons (Fsp3) is 0.357. The smallest absolute Gasteiger partial charge is 0.134 e. The lowest BCUT2D eigenvalue weighted by molar-refractivity contribution is 0.628. The fourth-order valence-electron chi connectivity index (χ4n) is 1.73. The predicted molar refractivity (Wildman–Crippen MR) is 81.4 cm³/mol. The molecule has 0 bridgehead atoms. The highest BCUT2D eigenvalue weighted by molar-refractivity contribution is 7.99. The maximum absolute atomic E-state index is 14.1. The first-order chi connectivity index (χ1) is 9.17. The number of thiazole rings is 1. The minimum absolute atomic E-state index is 0.198. The van der Waals surface area contributed by atoms with Crippen LogP contribution in [0.1, 0.15) is 24.8 Å². The van der Waals surface area contributed by atoms with Crippen LogP contribution in [0.25, 0.3) is 10.6 Å². The van der Waals surface area contributed by atoms with E-state index in [0.29, 0.717) is 5.56 Å². The normalized spacial score (nSPS) is 12.6. The van der Waals surface area contributed by atoms with Crippen molar-refractivity contribution in [1.29, 1.82) is 0 Å². The van der Waals surface area contributed by atoms with Gasteiger partial charge in [0.1, 0.15) is 10.8 Å². The Kier molecular flexibility index (Phi) is 4.96. The van der Waals surface area contributed by atoms with E-state index >= 15 is 0 Å². The van der Waals surface area contributed by atoms with Gasteiger partial charge in [-0.1, -0.05) is 13.0 Å². The molecule has 1 N–H and O–H groups in total. The molecule has 1 atom stereocenters. The van der Waals surface area contributed by atoms with Crippen molar-refractivity contribution in [1.82, 2.24) is 10.3 Å². The molecule has 1 aromatic carbocycles. The Morgan fingerprint density at radius 1 is 1.47 bits per heavy atom. The summed E-state index contributed by atoms with van der Waals surface area (Å²) in [6, 6.07) is 5.44. The van der Waals surface area contributed by atoms with Gasteiger partial charge in [0.15, 0.2) is 0 Å². The lowest BCUT2D eigenvalue weighted by Crippen LogP contribution is -2.10. The van der Waals surface area contributed by atoms with Gasteiger partial charge < -0.3 is 5.32 Å². The average molecular weight is 296 g/mol. The summed E-state index contributed by atoms with van der Waals surface area (Å²) in [6.45, 7) is 4.13. The van der Waals surface area contributed by atoms with Crippen LogP contribution in [0.4, 0.5) is 4.39 Å². The number of thioether (sulfide) groups is 1. The zero-order valence-corrected chi connectivity index (χ0v) is 12.9. The van der Waals surface area contributed by atoms with E-state index in [1.807, 2.05) is 19.3 Å². The van der Waals surface area contributed by atoms with E-state index in [4.69, 9.17) is 0 Å². The monoisotopic (exact) mass is 296 g/mol. The van der Waals surface area contributed by atoms with Gasteiger partial charge in [-0.25, -0.2) is 9.37 Å². The second-order valence-electron chi connectivity index (χ2n) is 4.12. The Hall–Kier alpha value is -0.910. The lowest BCUT2D eigenvalue weighted by atomic mass is 10.2. The minimum Gasteiger partial charge on any atom is -0.312 e. The summed E-state index contributed by atoms with van der Waals surface area (Å²) in [4.78, 5) is 6.46. The molecule has 1 heterocycles. The van der Waals surface area contributed by atoms with E-state index in [-0.39, 0.29) is 11.9 Å². The molecule has 0 saturated heterocycles. The molecule has 0 amide bonds. The third kappa shape index (κ3) is 3.16. The molecule has 2 nitrogen and oxygen atoms in total. The standard InChI is InChI=1S/C14H17FN2S2/c1-4-18-11-7-5-6-10(15)13(11)14-17-8-12(19-14)9(2)16-3/h5-9,16H,4H2,1-3H3. The lowest BCUT2D eigenvalue weighted by Gasteiger charge is -2.07. The third-order valence-electron chi connectivity index (χ3n) is 2.87. The van der Waals surface area contributed by atoms with Gasteiger partial charge >= 0.3 is 0 Å². The highest BCUT2D eigenvalue weighted by atomic mass is 32.2. The highest BCUT2D eigenvalue weighted by Crippen LogP contribution is 2.36. The molecule has 0 aliphatic rings. The molecule has 0 radical (unpaired) electrons. The molecule has 0 spiro atoms. The molecule has 1 aromatic heterocycles. The van der Waals surface area contributed by atoms with E-state index in [0.717, 1.165) is 20.5 Å². The summed E-state index contributed by atoms with van der Waals surface area (Å²) in [5, 5.41) is 3.93. The molecule has 19 heavy (non-hydrogen) atoms. The van der Waals surface area contributed by atoms with Gasteiger partial charge in [0.05, 0.1) is 5.56 Å². The summed E-state index contributed by atoms with van der Waals surface area (Å²) < 4.78 is 14.1. The summed E-state index contributed by atoms with van der Waals surface area (Å²) in [5.41, 5.74) is 0.633. The molecule has 5 heteroatoms. The summed E-state index contributed by atoms with van der Waals surface area (Å²) in [6.07, 6.45) is 1.83. The zero-order chi connectivity index (χ0) is 13.8.